The van der Waals surface area contributed by atoms with Gasteiger partial charge in [0.15, 0.2) is 0 Å². The molecule has 9 nitrogen and oxygen atoms in total. The lowest BCUT2D eigenvalue weighted by molar-refractivity contribution is -0.275. The number of aliphatic imine (C=N–C) groups is 1. The van der Waals surface area contributed by atoms with E-state index in [0.29, 0.717) is 31.2 Å². The summed E-state index contributed by atoms with van der Waals surface area (Å²) in [5, 5.41) is 9.80. The zero-order valence-corrected chi connectivity index (χ0v) is 16.9. The number of guanidine groups is 1. The molecule has 1 heterocycles. The van der Waals surface area contributed by atoms with Gasteiger partial charge in [0.05, 0.1) is 5.57 Å². The Labute approximate surface area is 175 Å². The number of carbonyl (C=O) groups is 2. The minimum atomic E-state index is -0.998. The van der Waals surface area contributed by atoms with Crippen LogP contribution in [0.4, 0.5) is 0 Å². The summed E-state index contributed by atoms with van der Waals surface area (Å²) in [6, 6.07) is 11.4. The molecule has 0 aliphatic carbocycles. The van der Waals surface area contributed by atoms with E-state index in [1.54, 1.807) is 6.07 Å². The molecule has 0 spiro atoms. The van der Waals surface area contributed by atoms with Crippen molar-refractivity contribution in [3.05, 3.63) is 47.0 Å². The molecule has 1 aromatic rings. The van der Waals surface area contributed by atoms with E-state index in [2.05, 4.69) is 4.99 Å². The predicted octanol–water partition coefficient (Wildman–Crippen LogP) is 1.90. The first kappa shape index (κ1) is 22.9. The van der Waals surface area contributed by atoms with Crippen LogP contribution in [-0.2, 0) is 25.7 Å². The summed E-state index contributed by atoms with van der Waals surface area (Å²) in [6.45, 7) is 0.946. The summed E-state index contributed by atoms with van der Waals surface area (Å²) in [5.41, 5.74) is 12.0. The van der Waals surface area contributed by atoms with Gasteiger partial charge in [0.2, 0.25) is 0 Å². The van der Waals surface area contributed by atoms with Crippen molar-refractivity contribution in [1.82, 2.24) is 5.23 Å². The zero-order valence-electron chi connectivity index (χ0n) is 16.9. The van der Waals surface area contributed by atoms with E-state index < -0.39 is 11.9 Å². The number of nitrogens with two attached hydrogens (primary N) is 2. The quantitative estimate of drug-likeness (QED) is 0.336. The summed E-state index contributed by atoms with van der Waals surface area (Å²) in [4.78, 5) is 38.8. The predicted molar refractivity (Wildman–Crippen MR) is 110 cm³/mol. The summed E-state index contributed by atoms with van der Waals surface area (Å²) >= 11 is 0. The van der Waals surface area contributed by atoms with Crippen molar-refractivity contribution >= 4 is 17.9 Å². The van der Waals surface area contributed by atoms with Crippen molar-refractivity contribution in [1.29, 1.82) is 5.26 Å². The van der Waals surface area contributed by atoms with Gasteiger partial charge in [0.1, 0.15) is 11.6 Å². The van der Waals surface area contributed by atoms with E-state index in [1.807, 2.05) is 30.3 Å². The molecule has 0 aromatic heterocycles. The SMILES string of the molecule is N#CC1=C(CCCCCCCN)C(=O)ON(C(N)=NCCc2ccccc2)OC1=O. The first-order valence-corrected chi connectivity index (χ1v) is 9.98. The van der Waals surface area contributed by atoms with Gasteiger partial charge in [-0.3, -0.25) is 9.68 Å². The number of hydrogen-bond donors (Lipinski definition) is 2. The van der Waals surface area contributed by atoms with E-state index in [1.165, 1.54) is 0 Å². The van der Waals surface area contributed by atoms with Crippen molar-refractivity contribution < 1.29 is 19.3 Å². The fourth-order valence-electron chi connectivity index (χ4n) is 2.91. The van der Waals surface area contributed by atoms with Crippen LogP contribution in [-0.4, -0.2) is 36.2 Å². The Morgan fingerprint density at radius 1 is 1.00 bits per heavy atom. The minimum absolute atomic E-state index is 0.0130. The molecule has 1 aliphatic rings. The molecule has 0 unspecified atom stereocenters. The molecule has 0 saturated carbocycles. The number of unbranched alkanes of at least 4 members (excludes halogenated alkanes) is 4. The van der Waals surface area contributed by atoms with Gasteiger partial charge >= 0.3 is 11.9 Å². The molecular weight excluding hydrogens is 386 g/mol. The largest absolute Gasteiger partial charge is 0.378 e. The second-order valence-corrected chi connectivity index (χ2v) is 6.76. The Morgan fingerprint density at radius 3 is 2.37 bits per heavy atom. The summed E-state index contributed by atoms with van der Waals surface area (Å²) in [6.07, 6.45) is 5.21. The summed E-state index contributed by atoms with van der Waals surface area (Å²) < 4.78 is 0. The summed E-state index contributed by atoms with van der Waals surface area (Å²) in [7, 11) is 0. The first-order chi connectivity index (χ1) is 14.6. The fraction of sp³-hybridized carbons (Fsp3) is 0.429. The normalized spacial score (nSPS) is 14.8. The van der Waals surface area contributed by atoms with Gasteiger partial charge in [-0.25, -0.2) is 14.6 Å². The van der Waals surface area contributed by atoms with Crippen LogP contribution >= 0.6 is 0 Å². The highest BCUT2D eigenvalue weighted by Crippen LogP contribution is 2.21. The maximum atomic E-state index is 12.5. The number of nitrogens with zero attached hydrogens (tertiary/aromatic N) is 3. The lowest BCUT2D eigenvalue weighted by Gasteiger charge is -2.17. The molecule has 2 rings (SSSR count). The molecule has 1 aliphatic heterocycles. The van der Waals surface area contributed by atoms with E-state index in [9.17, 15) is 14.9 Å². The maximum absolute atomic E-state index is 12.5. The Morgan fingerprint density at radius 2 is 1.67 bits per heavy atom. The topological polar surface area (TPSA) is 144 Å². The number of benzene rings is 1. The van der Waals surface area contributed by atoms with E-state index in [-0.39, 0.29) is 23.5 Å². The van der Waals surface area contributed by atoms with Gasteiger partial charge in [-0.2, -0.15) is 5.26 Å². The molecule has 0 saturated heterocycles. The number of nitriles is 1. The highest BCUT2D eigenvalue weighted by Gasteiger charge is 2.33. The number of hydrogen-bond acceptors (Lipinski definition) is 7. The third kappa shape index (κ3) is 6.90. The molecule has 160 valence electrons. The number of rotatable bonds is 10. The molecule has 9 heteroatoms. The first-order valence-electron chi connectivity index (χ1n) is 9.98. The molecule has 0 radical (unpaired) electrons. The van der Waals surface area contributed by atoms with Crippen molar-refractivity contribution in [2.75, 3.05) is 13.1 Å². The highest BCUT2D eigenvalue weighted by molar-refractivity contribution is 6.04. The van der Waals surface area contributed by atoms with E-state index in [4.69, 9.17) is 21.1 Å². The van der Waals surface area contributed by atoms with Gasteiger partial charge in [0, 0.05) is 11.8 Å². The molecule has 0 fully saturated rings. The molecule has 0 atom stereocenters. The van der Waals surface area contributed by atoms with Crippen molar-refractivity contribution in [3.63, 3.8) is 0 Å². The fourth-order valence-corrected chi connectivity index (χ4v) is 2.91. The molecule has 30 heavy (non-hydrogen) atoms. The molecule has 0 amide bonds. The van der Waals surface area contributed by atoms with Crippen LogP contribution in [0.3, 0.4) is 0 Å². The Balaban J connectivity index is 1.97. The van der Waals surface area contributed by atoms with E-state index >= 15 is 0 Å². The van der Waals surface area contributed by atoms with Crippen molar-refractivity contribution in [2.45, 2.75) is 44.9 Å². The van der Waals surface area contributed by atoms with Gasteiger partial charge in [0.25, 0.3) is 5.96 Å². The molecular formula is C21H27N5O4. The number of carbonyl (C=O) groups excluding carboxylic acids is 2. The smallest absolute Gasteiger partial charge is 0.364 e. The second-order valence-electron chi connectivity index (χ2n) is 6.76. The van der Waals surface area contributed by atoms with Crippen molar-refractivity contribution in [2.24, 2.45) is 16.5 Å². The second kappa shape index (κ2) is 12.2. The third-order valence-corrected chi connectivity index (χ3v) is 4.53. The van der Waals surface area contributed by atoms with E-state index in [0.717, 1.165) is 31.2 Å². The third-order valence-electron chi connectivity index (χ3n) is 4.53. The summed E-state index contributed by atoms with van der Waals surface area (Å²) in [5.74, 6) is -2.13. The Kier molecular flexibility index (Phi) is 9.34. The van der Waals surface area contributed by atoms with Crippen molar-refractivity contribution in [3.8, 4) is 6.07 Å². The van der Waals surface area contributed by atoms with Gasteiger partial charge in [-0.15, -0.1) is 0 Å². The molecule has 1 aromatic carbocycles. The molecule has 0 bridgehead atoms. The van der Waals surface area contributed by atoms with Crippen LogP contribution in [0, 0.1) is 11.3 Å². The average molecular weight is 413 g/mol. The van der Waals surface area contributed by atoms with Crippen LogP contribution in [0.1, 0.15) is 44.1 Å². The van der Waals surface area contributed by atoms with Crippen LogP contribution in [0.5, 0.6) is 0 Å². The Hall–Kier alpha value is -3.38. The standard InChI is InChI=1S/C21H27N5O4/c22-13-8-3-1-2-7-11-17-18(15-23)20(28)30-26(29-19(17)27)21(24)25-14-12-16-9-5-4-6-10-16/h4-6,9-10H,1-3,7-8,11-14,22H2,(H2,24,25). The van der Waals surface area contributed by atoms with Crippen LogP contribution in [0.25, 0.3) is 0 Å². The Bertz CT molecular complexity index is 830. The maximum Gasteiger partial charge on any atom is 0.378 e. The van der Waals surface area contributed by atoms with Gasteiger partial charge < -0.3 is 11.5 Å². The van der Waals surface area contributed by atoms with Crippen LogP contribution in [0.15, 0.2) is 46.5 Å². The highest BCUT2D eigenvalue weighted by atomic mass is 17.0. The zero-order chi connectivity index (χ0) is 21.8. The molecule has 4 N–H and O–H groups in total. The average Bonchev–Trinajstić information content (AvgIpc) is 2.86. The van der Waals surface area contributed by atoms with Gasteiger partial charge in [-0.1, -0.05) is 49.6 Å². The van der Waals surface area contributed by atoms with Crippen LogP contribution in [0.2, 0.25) is 0 Å². The monoisotopic (exact) mass is 413 g/mol. The van der Waals surface area contributed by atoms with Crippen LogP contribution < -0.4 is 11.5 Å². The lowest BCUT2D eigenvalue weighted by Crippen LogP contribution is -2.39. The number of hydroxylamine groups is 2. The lowest BCUT2D eigenvalue weighted by atomic mass is 10.0. The minimum Gasteiger partial charge on any atom is -0.364 e. The van der Waals surface area contributed by atoms with Gasteiger partial charge in [-0.05, 0) is 37.8 Å².